The standard InChI is InChI=1S/C21H20N4O/c1-24(18-9-3-2-4-10-18)21(26)19-13-20(23-15-22-19)25-12-11-16-7-5-6-8-17(16)14-25/h2-10,13,15H,11-12,14H2,1H3. The molecule has 0 saturated carbocycles. The number of hydrogen-bond donors (Lipinski definition) is 0. The number of aromatic nitrogens is 2. The lowest BCUT2D eigenvalue weighted by molar-refractivity contribution is 0.0988. The molecule has 5 heteroatoms. The van der Waals surface area contributed by atoms with Crippen LogP contribution in [0.15, 0.2) is 67.0 Å². The van der Waals surface area contributed by atoms with E-state index in [4.69, 9.17) is 0 Å². The summed E-state index contributed by atoms with van der Waals surface area (Å²) in [5.74, 6) is 0.650. The van der Waals surface area contributed by atoms with Crippen LogP contribution in [0.4, 0.5) is 11.5 Å². The average molecular weight is 344 g/mol. The number of anilines is 2. The molecule has 0 radical (unpaired) electrons. The van der Waals surface area contributed by atoms with Gasteiger partial charge in [0, 0.05) is 31.9 Å². The molecule has 3 aromatic rings. The molecule has 1 aliphatic rings. The monoisotopic (exact) mass is 344 g/mol. The van der Waals surface area contributed by atoms with Crippen LogP contribution in [0.25, 0.3) is 0 Å². The van der Waals surface area contributed by atoms with Gasteiger partial charge in [-0.15, -0.1) is 0 Å². The van der Waals surface area contributed by atoms with Crippen molar-refractivity contribution in [2.45, 2.75) is 13.0 Å². The Hall–Kier alpha value is -3.21. The first-order chi connectivity index (χ1) is 12.7. The summed E-state index contributed by atoms with van der Waals surface area (Å²) in [6.07, 6.45) is 2.45. The third-order valence-corrected chi connectivity index (χ3v) is 4.77. The van der Waals surface area contributed by atoms with Gasteiger partial charge >= 0.3 is 0 Å². The maximum Gasteiger partial charge on any atom is 0.276 e. The molecule has 2 heterocycles. The lowest BCUT2D eigenvalue weighted by Gasteiger charge is -2.29. The van der Waals surface area contributed by atoms with Crippen molar-refractivity contribution in [1.29, 1.82) is 0 Å². The fourth-order valence-corrected chi connectivity index (χ4v) is 3.27. The van der Waals surface area contributed by atoms with Crippen molar-refractivity contribution in [2.75, 3.05) is 23.4 Å². The minimum absolute atomic E-state index is 0.141. The van der Waals surface area contributed by atoms with Crippen LogP contribution in [0.2, 0.25) is 0 Å². The van der Waals surface area contributed by atoms with E-state index in [9.17, 15) is 4.79 Å². The van der Waals surface area contributed by atoms with Gasteiger partial charge in [0.1, 0.15) is 17.8 Å². The molecule has 130 valence electrons. The number of fused-ring (bicyclic) bond motifs is 1. The van der Waals surface area contributed by atoms with Crippen LogP contribution < -0.4 is 9.80 Å². The highest BCUT2D eigenvalue weighted by atomic mass is 16.2. The Morgan fingerprint density at radius 3 is 2.54 bits per heavy atom. The molecule has 0 aliphatic carbocycles. The largest absolute Gasteiger partial charge is 0.352 e. The van der Waals surface area contributed by atoms with Crippen molar-refractivity contribution in [3.05, 3.63) is 83.8 Å². The third kappa shape index (κ3) is 3.16. The predicted molar refractivity (Wildman–Crippen MR) is 102 cm³/mol. The van der Waals surface area contributed by atoms with Gasteiger partial charge in [-0.2, -0.15) is 0 Å². The Balaban J connectivity index is 1.57. The van der Waals surface area contributed by atoms with E-state index in [1.807, 2.05) is 30.3 Å². The average Bonchev–Trinajstić information content (AvgIpc) is 2.73. The molecule has 26 heavy (non-hydrogen) atoms. The first-order valence-corrected chi connectivity index (χ1v) is 8.69. The fraction of sp³-hybridized carbons (Fsp3) is 0.190. The summed E-state index contributed by atoms with van der Waals surface area (Å²) < 4.78 is 0. The Morgan fingerprint density at radius 2 is 1.73 bits per heavy atom. The fourth-order valence-electron chi connectivity index (χ4n) is 3.27. The van der Waals surface area contributed by atoms with Crippen LogP contribution in [-0.2, 0) is 13.0 Å². The molecule has 0 saturated heterocycles. The molecule has 4 rings (SSSR count). The molecule has 0 unspecified atom stereocenters. The van der Waals surface area contributed by atoms with Gasteiger partial charge in [0.2, 0.25) is 0 Å². The molecule has 1 amide bonds. The number of para-hydroxylation sites is 1. The van der Waals surface area contributed by atoms with E-state index >= 15 is 0 Å². The van der Waals surface area contributed by atoms with E-state index in [0.717, 1.165) is 31.0 Å². The Bertz CT molecular complexity index is 926. The number of amides is 1. The second-order valence-electron chi connectivity index (χ2n) is 6.40. The van der Waals surface area contributed by atoms with E-state index in [1.54, 1.807) is 18.0 Å². The molecule has 2 aromatic carbocycles. The van der Waals surface area contributed by atoms with Crippen molar-refractivity contribution < 1.29 is 4.79 Å². The smallest absolute Gasteiger partial charge is 0.276 e. The Labute approximate surface area is 152 Å². The van der Waals surface area contributed by atoms with Crippen molar-refractivity contribution in [1.82, 2.24) is 9.97 Å². The first kappa shape index (κ1) is 16.3. The minimum Gasteiger partial charge on any atom is -0.352 e. The first-order valence-electron chi connectivity index (χ1n) is 8.69. The number of carbonyl (C=O) groups is 1. The SMILES string of the molecule is CN(C(=O)c1cc(N2CCc3ccccc3C2)ncn1)c1ccccc1. The van der Waals surface area contributed by atoms with E-state index in [1.165, 1.54) is 17.5 Å². The van der Waals surface area contributed by atoms with E-state index in [-0.39, 0.29) is 5.91 Å². The van der Waals surface area contributed by atoms with E-state index in [0.29, 0.717) is 5.69 Å². The quantitative estimate of drug-likeness (QED) is 0.731. The predicted octanol–water partition coefficient (Wildman–Crippen LogP) is 3.32. The molecule has 0 fully saturated rings. The molecule has 0 spiro atoms. The minimum atomic E-state index is -0.141. The molecule has 5 nitrogen and oxygen atoms in total. The molecular weight excluding hydrogens is 324 g/mol. The number of nitrogens with zero attached hydrogens (tertiary/aromatic N) is 4. The second kappa shape index (κ2) is 6.96. The van der Waals surface area contributed by atoms with E-state index < -0.39 is 0 Å². The molecule has 0 atom stereocenters. The molecule has 1 aliphatic heterocycles. The number of rotatable bonds is 3. The van der Waals surface area contributed by atoms with Gasteiger partial charge in [0.25, 0.3) is 5.91 Å². The van der Waals surface area contributed by atoms with Gasteiger partial charge in [-0.1, -0.05) is 42.5 Å². The van der Waals surface area contributed by atoms with Gasteiger partial charge in [0.15, 0.2) is 0 Å². The maximum atomic E-state index is 12.8. The van der Waals surface area contributed by atoms with Crippen molar-refractivity contribution >= 4 is 17.4 Å². The lowest BCUT2D eigenvalue weighted by Crippen LogP contribution is -2.32. The Kier molecular flexibility index (Phi) is 4.35. The zero-order valence-electron chi connectivity index (χ0n) is 14.7. The normalized spacial score (nSPS) is 13.2. The van der Waals surface area contributed by atoms with Crippen molar-refractivity contribution in [3.63, 3.8) is 0 Å². The zero-order chi connectivity index (χ0) is 17.9. The number of hydrogen-bond acceptors (Lipinski definition) is 4. The van der Waals surface area contributed by atoms with Crippen LogP contribution in [-0.4, -0.2) is 29.5 Å². The summed E-state index contributed by atoms with van der Waals surface area (Å²) >= 11 is 0. The van der Waals surface area contributed by atoms with Gasteiger partial charge in [-0.3, -0.25) is 4.79 Å². The number of benzene rings is 2. The van der Waals surface area contributed by atoms with Crippen molar-refractivity contribution in [2.24, 2.45) is 0 Å². The summed E-state index contributed by atoms with van der Waals surface area (Å²) in [7, 11) is 1.76. The highest BCUT2D eigenvalue weighted by Crippen LogP contribution is 2.23. The van der Waals surface area contributed by atoms with Crippen LogP contribution >= 0.6 is 0 Å². The highest BCUT2D eigenvalue weighted by Gasteiger charge is 2.20. The molecule has 0 N–H and O–H groups in total. The van der Waals surface area contributed by atoms with Crippen molar-refractivity contribution in [3.8, 4) is 0 Å². The second-order valence-corrected chi connectivity index (χ2v) is 6.40. The lowest BCUT2D eigenvalue weighted by atomic mass is 10.00. The van der Waals surface area contributed by atoms with Crippen LogP contribution in [0.1, 0.15) is 21.6 Å². The Morgan fingerprint density at radius 1 is 1.00 bits per heavy atom. The van der Waals surface area contributed by atoms with Gasteiger partial charge in [-0.25, -0.2) is 9.97 Å². The van der Waals surface area contributed by atoms with Crippen LogP contribution in [0.3, 0.4) is 0 Å². The summed E-state index contributed by atoms with van der Waals surface area (Å²) in [5, 5.41) is 0. The summed E-state index contributed by atoms with van der Waals surface area (Å²) in [6, 6.07) is 19.8. The van der Waals surface area contributed by atoms with Crippen LogP contribution in [0, 0.1) is 0 Å². The molecular formula is C21H20N4O. The van der Waals surface area contributed by atoms with E-state index in [2.05, 4.69) is 39.1 Å². The van der Waals surface area contributed by atoms with Gasteiger partial charge in [-0.05, 0) is 29.7 Å². The summed E-state index contributed by atoms with van der Waals surface area (Å²) in [4.78, 5) is 25.2. The highest BCUT2D eigenvalue weighted by molar-refractivity contribution is 6.04. The number of carbonyl (C=O) groups excluding carboxylic acids is 1. The molecule has 0 bridgehead atoms. The zero-order valence-corrected chi connectivity index (χ0v) is 14.7. The third-order valence-electron chi connectivity index (χ3n) is 4.77. The topological polar surface area (TPSA) is 49.3 Å². The van der Waals surface area contributed by atoms with Gasteiger partial charge < -0.3 is 9.80 Å². The van der Waals surface area contributed by atoms with Crippen LogP contribution in [0.5, 0.6) is 0 Å². The molecule has 1 aromatic heterocycles. The van der Waals surface area contributed by atoms with Gasteiger partial charge in [0.05, 0.1) is 0 Å². The summed E-state index contributed by atoms with van der Waals surface area (Å²) in [5.41, 5.74) is 3.94. The summed E-state index contributed by atoms with van der Waals surface area (Å²) in [6.45, 7) is 1.69. The maximum absolute atomic E-state index is 12.8.